The van der Waals surface area contributed by atoms with Crippen molar-refractivity contribution in [3.63, 3.8) is 0 Å². The minimum Gasteiger partial charge on any atom is -0.459 e. The van der Waals surface area contributed by atoms with E-state index in [1.54, 1.807) is 18.4 Å². The monoisotopic (exact) mass is 337 g/mol. The average molecular weight is 337 g/mol. The van der Waals surface area contributed by atoms with Crippen LogP contribution in [-0.4, -0.2) is 33.4 Å². The number of hydrogen-bond acceptors (Lipinski definition) is 3. The lowest BCUT2D eigenvalue weighted by atomic mass is 9.96. The van der Waals surface area contributed by atoms with Crippen molar-refractivity contribution in [1.29, 1.82) is 0 Å². The van der Waals surface area contributed by atoms with Gasteiger partial charge >= 0.3 is 0 Å². The highest BCUT2D eigenvalue weighted by Gasteiger charge is 2.30. The van der Waals surface area contributed by atoms with E-state index >= 15 is 0 Å². The summed E-state index contributed by atoms with van der Waals surface area (Å²) in [5.74, 6) is 1.73. The summed E-state index contributed by atoms with van der Waals surface area (Å²) in [5, 5.41) is 0. The second kappa shape index (κ2) is 6.39. The highest BCUT2D eigenvalue weighted by molar-refractivity contribution is 5.91. The van der Waals surface area contributed by atoms with Crippen LogP contribution in [0.4, 0.5) is 0 Å². The van der Waals surface area contributed by atoms with Crippen molar-refractivity contribution in [2.75, 3.05) is 13.1 Å². The zero-order valence-corrected chi connectivity index (χ0v) is 14.7. The van der Waals surface area contributed by atoms with Crippen LogP contribution in [0.1, 0.15) is 55.0 Å². The molecule has 5 heteroatoms. The van der Waals surface area contributed by atoms with E-state index in [1.165, 1.54) is 5.52 Å². The second-order valence-electron chi connectivity index (χ2n) is 6.99. The molecule has 1 aromatic carbocycles. The molecule has 2 aromatic heterocycles. The van der Waals surface area contributed by atoms with Gasteiger partial charge in [-0.05, 0) is 51.0 Å². The van der Waals surface area contributed by atoms with Gasteiger partial charge in [0.1, 0.15) is 5.82 Å². The Morgan fingerprint density at radius 2 is 2.08 bits per heavy atom. The number of nitrogens with zero attached hydrogens (tertiary/aromatic N) is 3. The van der Waals surface area contributed by atoms with Crippen molar-refractivity contribution in [2.24, 2.45) is 0 Å². The molecule has 3 heterocycles. The van der Waals surface area contributed by atoms with Crippen molar-refractivity contribution in [3.05, 3.63) is 54.2 Å². The first kappa shape index (κ1) is 15.9. The zero-order valence-electron chi connectivity index (χ0n) is 14.7. The van der Waals surface area contributed by atoms with Gasteiger partial charge in [0.15, 0.2) is 5.76 Å². The summed E-state index contributed by atoms with van der Waals surface area (Å²) >= 11 is 0. The van der Waals surface area contributed by atoms with E-state index in [4.69, 9.17) is 9.40 Å². The number of imidazole rings is 1. The molecular weight excluding hydrogens is 314 g/mol. The Bertz CT molecular complexity index is 880. The van der Waals surface area contributed by atoms with E-state index in [-0.39, 0.29) is 11.8 Å². The Morgan fingerprint density at radius 3 is 2.84 bits per heavy atom. The number of benzene rings is 1. The predicted molar refractivity (Wildman–Crippen MR) is 96.7 cm³/mol. The van der Waals surface area contributed by atoms with Crippen LogP contribution in [0, 0.1) is 0 Å². The van der Waals surface area contributed by atoms with Crippen LogP contribution < -0.4 is 0 Å². The molecule has 1 aliphatic rings. The van der Waals surface area contributed by atoms with E-state index in [0.29, 0.717) is 18.3 Å². The molecule has 0 bridgehead atoms. The quantitative estimate of drug-likeness (QED) is 0.718. The molecule has 4 rings (SSSR count). The minimum absolute atomic E-state index is 0.0260. The smallest absolute Gasteiger partial charge is 0.289 e. The van der Waals surface area contributed by atoms with Gasteiger partial charge in [-0.1, -0.05) is 12.1 Å². The van der Waals surface area contributed by atoms with E-state index in [1.807, 2.05) is 11.0 Å². The lowest BCUT2D eigenvalue weighted by Crippen LogP contribution is -2.39. The van der Waals surface area contributed by atoms with E-state index < -0.39 is 0 Å². The lowest BCUT2D eigenvalue weighted by molar-refractivity contribution is 0.0671. The summed E-state index contributed by atoms with van der Waals surface area (Å²) < 4.78 is 7.61. The van der Waals surface area contributed by atoms with Crippen LogP contribution in [0.15, 0.2) is 47.1 Å². The molecule has 0 N–H and O–H groups in total. The molecule has 1 aliphatic heterocycles. The van der Waals surface area contributed by atoms with Crippen molar-refractivity contribution in [2.45, 2.75) is 38.6 Å². The lowest BCUT2D eigenvalue weighted by Gasteiger charge is -2.32. The van der Waals surface area contributed by atoms with Crippen molar-refractivity contribution in [3.8, 4) is 0 Å². The summed E-state index contributed by atoms with van der Waals surface area (Å²) in [7, 11) is 0. The van der Waals surface area contributed by atoms with Gasteiger partial charge < -0.3 is 13.9 Å². The Kier molecular flexibility index (Phi) is 4.07. The molecule has 1 saturated heterocycles. The highest BCUT2D eigenvalue weighted by atomic mass is 16.3. The Hall–Kier alpha value is -2.56. The third kappa shape index (κ3) is 2.84. The van der Waals surface area contributed by atoms with Gasteiger partial charge in [0, 0.05) is 25.0 Å². The molecule has 0 unspecified atom stereocenters. The van der Waals surface area contributed by atoms with Gasteiger partial charge in [0.25, 0.3) is 5.91 Å². The fraction of sp³-hybridized carbons (Fsp3) is 0.400. The number of likely N-dealkylation sites (tertiary alicyclic amines) is 1. The van der Waals surface area contributed by atoms with Gasteiger partial charge in [-0.2, -0.15) is 0 Å². The molecule has 130 valence electrons. The summed E-state index contributed by atoms with van der Waals surface area (Å²) in [5.41, 5.74) is 2.20. The van der Waals surface area contributed by atoms with E-state index in [9.17, 15) is 4.79 Å². The number of rotatable bonds is 3. The first-order valence-corrected chi connectivity index (χ1v) is 8.95. The number of carbonyl (C=O) groups is 1. The Balaban J connectivity index is 1.66. The topological polar surface area (TPSA) is 51.3 Å². The molecule has 0 radical (unpaired) electrons. The second-order valence-corrected chi connectivity index (χ2v) is 6.99. The third-order valence-electron chi connectivity index (χ3n) is 4.95. The van der Waals surface area contributed by atoms with Gasteiger partial charge in [-0.25, -0.2) is 4.98 Å². The number of hydrogen-bond donors (Lipinski definition) is 0. The first-order chi connectivity index (χ1) is 12.1. The molecule has 0 saturated carbocycles. The zero-order chi connectivity index (χ0) is 17.4. The van der Waals surface area contributed by atoms with Crippen molar-refractivity contribution >= 4 is 16.9 Å². The molecule has 1 amide bonds. The summed E-state index contributed by atoms with van der Waals surface area (Å²) in [6.07, 6.45) is 3.59. The molecular formula is C20H23N3O2. The maximum Gasteiger partial charge on any atom is 0.289 e. The normalized spacial score (nSPS) is 18.2. The third-order valence-corrected chi connectivity index (χ3v) is 4.95. The SMILES string of the molecule is CC(C)n1c([C@@H]2CCCN(C(=O)c3ccco3)C2)nc2ccccc21. The van der Waals surface area contributed by atoms with Crippen LogP contribution >= 0.6 is 0 Å². The van der Waals surface area contributed by atoms with Gasteiger partial charge in [0.05, 0.1) is 17.3 Å². The maximum atomic E-state index is 12.6. The number of piperidine rings is 1. The molecule has 5 nitrogen and oxygen atoms in total. The van der Waals surface area contributed by atoms with Gasteiger partial charge in [-0.3, -0.25) is 4.79 Å². The summed E-state index contributed by atoms with van der Waals surface area (Å²) in [4.78, 5) is 19.4. The molecule has 25 heavy (non-hydrogen) atoms. The molecule has 0 spiro atoms. The van der Waals surface area contributed by atoms with E-state index in [2.05, 4.69) is 36.6 Å². The minimum atomic E-state index is -0.0260. The largest absolute Gasteiger partial charge is 0.459 e. The predicted octanol–water partition coefficient (Wildman–Crippen LogP) is 4.23. The Morgan fingerprint density at radius 1 is 1.24 bits per heavy atom. The number of para-hydroxylation sites is 2. The van der Waals surface area contributed by atoms with Crippen LogP contribution in [0.3, 0.4) is 0 Å². The van der Waals surface area contributed by atoms with Crippen molar-refractivity contribution < 1.29 is 9.21 Å². The number of fused-ring (bicyclic) bond motifs is 1. The number of amides is 1. The van der Waals surface area contributed by atoms with Crippen LogP contribution in [0.25, 0.3) is 11.0 Å². The molecule has 1 atom stereocenters. The van der Waals surface area contributed by atoms with Gasteiger partial charge in [0.2, 0.25) is 0 Å². The number of furan rings is 1. The number of aromatic nitrogens is 2. The van der Waals surface area contributed by atoms with E-state index in [0.717, 1.165) is 30.7 Å². The summed E-state index contributed by atoms with van der Waals surface area (Å²) in [6, 6.07) is 12.1. The standard InChI is InChI=1S/C20H23N3O2/c1-14(2)23-17-9-4-3-8-16(17)21-19(23)15-7-5-11-22(13-15)20(24)18-10-6-12-25-18/h3-4,6,8-10,12,14-15H,5,7,11,13H2,1-2H3/t15-/m1/s1. The number of carbonyl (C=O) groups excluding carboxylic acids is 1. The maximum absolute atomic E-state index is 12.6. The highest BCUT2D eigenvalue weighted by Crippen LogP contribution is 2.32. The van der Waals surface area contributed by atoms with Gasteiger partial charge in [-0.15, -0.1) is 0 Å². The van der Waals surface area contributed by atoms with Crippen LogP contribution in [0.5, 0.6) is 0 Å². The molecule has 1 fully saturated rings. The summed E-state index contributed by atoms with van der Waals surface area (Å²) in [6.45, 7) is 5.84. The fourth-order valence-electron chi connectivity index (χ4n) is 3.82. The van der Waals surface area contributed by atoms with Crippen molar-refractivity contribution in [1.82, 2.24) is 14.5 Å². The van der Waals surface area contributed by atoms with Crippen LogP contribution in [-0.2, 0) is 0 Å². The average Bonchev–Trinajstić information content (AvgIpc) is 3.28. The molecule has 0 aliphatic carbocycles. The Labute approximate surface area is 147 Å². The first-order valence-electron chi connectivity index (χ1n) is 8.95. The fourth-order valence-corrected chi connectivity index (χ4v) is 3.82. The molecule has 3 aromatic rings. The van der Waals surface area contributed by atoms with Crippen LogP contribution in [0.2, 0.25) is 0 Å².